The molecule has 1 aromatic heterocycles. The number of para-hydroxylation sites is 1. The largest absolute Gasteiger partial charge is 0.449 e. The van der Waals surface area contributed by atoms with E-state index in [1.54, 1.807) is 0 Å². The van der Waals surface area contributed by atoms with Gasteiger partial charge in [0.2, 0.25) is 23.7 Å². The molecule has 0 amide bonds. The van der Waals surface area contributed by atoms with Crippen molar-refractivity contribution in [2.45, 2.75) is 20.0 Å². The first kappa shape index (κ1) is 19.4. The van der Waals surface area contributed by atoms with Crippen LogP contribution < -0.4 is 4.59 Å². The number of benzene rings is 5. The molecule has 0 radical (unpaired) electrons. The third kappa shape index (κ3) is 2.15. The maximum absolute atomic E-state index is 6.89. The first-order valence-electron chi connectivity index (χ1n) is 12.4. The van der Waals surface area contributed by atoms with Crippen molar-refractivity contribution < 1.29 is 9.01 Å². The van der Waals surface area contributed by atoms with Crippen LogP contribution in [-0.4, -0.2) is 17.8 Å². The van der Waals surface area contributed by atoms with E-state index in [4.69, 9.17) is 4.42 Å². The van der Waals surface area contributed by atoms with Gasteiger partial charge in [0.25, 0.3) is 0 Å². The smallest absolute Gasteiger partial charge is 0.314 e. The Balaban J connectivity index is 1.48. The molecule has 3 heteroatoms. The van der Waals surface area contributed by atoms with Crippen LogP contribution in [0.3, 0.4) is 0 Å². The SMILES string of the molecule is Cc1ccc2c(oc3c(-c4cc5ccccc5c5ccccc45)cccc32)c1[N+]12C=C[N+]1(C)[C@H]2C. The van der Waals surface area contributed by atoms with Crippen molar-refractivity contribution in [2.24, 2.45) is 0 Å². The van der Waals surface area contributed by atoms with Crippen molar-refractivity contribution in [1.29, 1.82) is 0 Å². The normalized spacial score (nSPS) is 24.8. The van der Waals surface area contributed by atoms with E-state index < -0.39 is 0 Å². The Labute approximate surface area is 203 Å². The Bertz CT molecular complexity index is 1910. The fourth-order valence-corrected chi connectivity index (χ4v) is 6.73. The number of furan rings is 1. The van der Waals surface area contributed by atoms with Gasteiger partial charge in [-0.1, -0.05) is 77.4 Å². The van der Waals surface area contributed by atoms with Crippen molar-refractivity contribution in [1.82, 2.24) is 4.59 Å². The van der Waals surface area contributed by atoms with Gasteiger partial charge in [0.05, 0.1) is 6.92 Å². The summed E-state index contributed by atoms with van der Waals surface area (Å²) in [7, 11) is 2.30. The summed E-state index contributed by atoms with van der Waals surface area (Å²) in [6, 6.07) is 30.8. The lowest BCUT2D eigenvalue weighted by molar-refractivity contribution is -0.810. The predicted octanol–water partition coefficient (Wildman–Crippen LogP) is 8.38. The average molecular weight is 455 g/mol. The molecule has 35 heavy (non-hydrogen) atoms. The van der Waals surface area contributed by atoms with Crippen LogP contribution >= 0.6 is 0 Å². The Hall–Kier alpha value is -3.92. The zero-order valence-electron chi connectivity index (χ0n) is 20.1. The van der Waals surface area contributed by atoms with Gasteiger partial charge in [-0.05, 0) is 50.8 Å². The van der Waals surface area contributed by atoms with Gasteiger partial charge >= 0.3 is 6.17 Å². The van der Waals surface area contributed by atoms with E-state index in [9.17, 15) is 0 Å². The van der Waals surface area contributed by atoms with Crippen LogP contribution in [0.2, 0.25) is 0 Å². The first-order valence-corrected chi connectivity index (χ1v) is 12.4. The quantitative estimate of drug-likeness (QED) is 0.145. The van der Waals surface area contributed by atoms with Gasteiger partial charge < -0.3 is 4.42 Å². The molecule has 0 bridgehead atoms. The van der Waals surface area contributed by atoms with Crippen molar-refractivity contribution in [2.75, 3.05) is 7.05 Å². The monoisotopic (exact) mass is 454 g/mol. The minimum absolute atomic E-state index is 0.483. The van der Waals surface area contributed by atoms with E-state index in [1.807, 2.05) is 0 Å². The molecule has 2 aliphatic rings. The lowest BCUT2D eigenvalue weighted by Crippen LogP contribution is -2.41. The van der Waals surface area contributed by atoms with Crippen molar-refractivity contribution in [3.05, 3.63) is 103 Å². The molecule has 6 aromatic rings. The summed E-state index contributed by atoms with van der Waals surface area (Å²) in [5, 5.41) is 7.45. The van der Waals surface area contributed by atoms with Crippen molar-refractivity contribution >= 4 is 49.2 Å². The number of hydrogen-bond donors (Lipinski definition) is 0. The van der Waals surface area contributed by atoms with E-state index in [1.165, 1.54) is 49.1 Å². The van der Waals surface area contributed by atoms with Crippen LogP contribution in [0.25, 0.3) is 54.6 Å². The highest BCUT2D eigenvalue weighted by Crippen LogP contribution is 2.60. The van der Waals surface area contributed by atoms with Gasteiger partial charge in [0.1, 0.15) is 12.6 Å². The van der Waals surface area contributed by atoms with E-state index in [0.717, 1.165) is 25.9 Å². The molecule has 0 N–H and O–H groups in total. The molecule has 3 nitrogen and oxygen atoms in total. The standard InChI is InChI=1S/C32H26N2O/c1-20-15-16-28-26-13-8-14-27(31(26)35-32(28)30(20)34-18-17-33(34,3)21(34)2)29-19-22-9-4-5-10-23(22)24-11-6-7-12-25(24)29/h4-19,21H,1-3H3/q+2/t21-,33?,34?/m1/s1. The molecule has 1 saturated heterocycles. The van der Waals surface area contributed by atoms with Crippen LogP contribution in [0.5, 0.6) is 0 Å². The summed E-state index contributed by atoms with van der Waals surface area (Å²) in [4.78, 5) is 0. The van der Waals surface area contributed by atoms with Gasteiger partial charge in [-0.15, -0.1) is 0 Å². The third-order valence-corrected chi connectivity index (χ3v) is 8.84. The second-order valence-electron chi connectivity index (χ2n) is 10.3. The Morgan fingerprint density at radius 1 is 0.657 bits per heavy atom. The number of quaternary nitrogens is 2. The maximum atomic E-state index is 6.89. The molecular formula is C32H26N2O+2. The minimum Gasteiger partial charge on any atom is -0.449 e. The summed E-state index contributed by atoms with van der Waals surface area (Å²) < 4.78 is 8.65. The van der Waals surface area contributed by atoms with Crippen LogP contribution in [0.4, 0.5) is 5.69 Å². The second-order valence-corrected chi connectivity index (χ2v) is 10.3. The number of aryl methyl sites for hydroxylation is 1. The highest BCUT2D eigenvalue weighted by molar-refractivity contribution is 6.18. The molecule has 2 unspecified atom stereocenters. The van der Waals surface area contributed by atoms with E-state index in [0.29, 0.717) is 6.17 Å². The molecule has 0 aliphatic carbocycles. The molecule has 3 heterocycles. The number of fused-ring (bicyclic) bond motifs is 7. The summed E-state index contributed by atoms with van der Waals surface area (Å²) >= 11 is 0. The molecule has 0 saturated carbocycles. The van der Waals surface area contributed by atoms with E-state index >= 15 is 0 Å². The lowest BCUT2D eigenvalue weighted by atomic mass is 9.92. The van der Waals surface area contributed by atoms with Gasteiger partial charge in [0, 0.05) is 21.9 Å². The Morgan fingerprint density at radius 2 is 1.37 bits per heavy atom. The molecule has 0 spiro atoms. The number of rotatable bonds is 2. The highest BCUT2D eigenvalue weighted by atomic mass is 16.3. The third-order valence-electron chi connectivity index (χ3n) is 8.84. The first-order chi connectivity index (χ1) is 17.0. The molecule has 168 valence electrons. The summed E-state index contributed by atoms with van der Waals surface area (Å²) in [5.41, 5.74) is 6.95. The second kappa shape index (κ2) is 6.19. The van der Waals surface area contributed by atoms with Crippen LogP contribution in [0.1, 0.15) is 12.5 Å². The van der Waals surface area contributed by atoms with Gasteiger partial charge in [-0.3, -0.25) is 0 Å². The topological polar surface area (TPSA) is 13.1 Å². The van der Waals surface area contributed by atoms with E-state index in [-0.39, 0.29) is 0 Å². The molecule has 8 rings (SSSR count). The molecule has 2 aliphatic heterocycles. The van der Waals surface area contributed by atoms with Crippen molar-refractivity contribution in [3.8, 4) is 11.1 Å². The van der Waals surface area contributed by atoms with Gasteiger partial charge in [0.15, 0.2) is 0 Å². The summed E-state index contributed by atoms with van der Waals surface area (Å²) in [6.45, 7) is 4.54. The molecule has 3 atom stereocenters. The van der Waals surface area contributed by atoms with Crippen molar-refractivity contribution in [3.63, 3.8) is 0 Å². The fraction of sp³-hybridized carbons (Fsp3) is 0.125. The van der Waals surface area contributed by atoms with Crippen LogP contribution in [0.15, 0.2) is 102 Å². The van der Waals surface area contributed by atoms with Gasteiger partial charge in [-0.2, -0.15) is 0 Å². The van der Waals surface area contributed by atoms with Crippen LogP contribution in [0, 0.1) is 6.92 Å². The summed E-state index contributed by atoms with van der Waals surface area (Å²) in [5.74, 6) is 0. The Kier molecular flexibility index (Phi) is 3.43. The number of hydrogen-bond acceptors (Lipinski definition) is 1. The summed E-state index contributed by atoms with van der Waals surface area (Å²) in [6.07, 6.45) is 5.12. The average Bonchev–Trinajstić information content (AvgIpc) is 3.15. The minimum atomic E-state index is 0.483. The fourth-order valence-electron chi connectivity index (χ4n) is 6.73. The molecule has 1 fully saturated rings. The van der Waals surface area contributed by atoms with E-state index in [2.05, 4.69) is 118 Å². The lowest BCUT2D eigenvalue weighted by Gasteiger charge is -2.20. The van der Waals surface area contributed by atoms with Crippen LogP contribution in [-0.2, 0) is 0 Å². The highest BCUT2D eigenvalue weighted by Gasteiger charge is 2.84. The molecular weight excluding hydrogens is 428 g/mol. The number of nitrogens with zero attached hydrogens (tertiary/aromatic N) is 2. The van der Waals surface area contributed by atoms with Gasteiger partial charge in [-0.25, -0.2) is 0 Å². The zero-order valence-corrected chi connectivity index (χ0v) is 20.1. The Morgan fingerprint density at radius 3 is 2.11 bits per heavy atom. The predicted molar refractivity (Wildman–Crippen MR) is 145 cm³/mol. The zero-order chi connectivity index (χ0) is 23.5. The molecule has 5 aromatic carbocycles. The maximum Gasteiger partial charge on any atom is 0.314 e.